The van der Waals surface area contributed by atoms with E-state index in [2.05, 4.69) is 48.5 Å². The number of likely N-dealkylation sites (N-methyl/N-ethyl adjacent to an activating group) is 1. The summed E-state index contributed by atoms with van der Waals surface area (Å²) in [5.41, 5.74) is 5.63. The van der Waals surface area contributed by atoms with Crippen LogP contribution in [0.5, 0.6) is 11.5 Å². The number of hydrogen-bond acceptors (Lipinski definition) is 10. The second-order valence-corrected chi connectivity index (χ2v) is 12.7. The molecule has 3 N–H and O–H groups in total. The minimum absolute atomic E-state index is 0.0226. The fourth-order valence-corrected chi connectivity index (χ4v) is 5.83. The molecule has 0 radical (unpaired) electrons. The molecule has 3 aromatic carbocycles. The maximum Gasteiger partial charge on any atom is 0.292 e. The highest BCUT2D eigenvalue weighted by Gasteiger charge is 2.36. The van der Waals surface area contributed by atoms with Crippen molar-refractivity contribution in [3.05, 3.63) is 76.9 Å². The Balaban J connectivity index is 0.000000426. The highest BCUT2D eigenvalue weighted by Crippen LogP contribution is 2.41. The second-order valence-electron chi connectivity index (χ2n) is 12.1. The molecule has 53 heavy (non-hydrogen) atoms. The maximum atomic E-state index is 13.6. The molecular weight excluding hydrogens is 746 g/mol. The molecule has 3 amide bonds. The van der Waals surface area contributed by atoms with E-state index in [9.17, 15) is 19.2 Å². The van der Waals surface area contributed by atoms with E-state index >= 15 is 0 Å². The number of hydrogen-bond donors (Lipinski definition) is 3. The molecule has 2 unspecified atom stereocenters. The standard InChI is InChI=1S/C29H29BrN4O4.C8H15NO2.C2H4O2/c1-17(31-2)28(35)33-21-9-18(14-30)8-19(10-21)16-38-27-13-24-23(12-26(27)37-3)29(36)34-22(15-32-24)11-20-6-4-5-7-25(20)34;1-2-3-4-5-8(11)9-6-7-10;1-4-2-3/h4-10,12-13,15,17,22,31H,11,14,16H2,1-3H3,(H,33,35);7H,2-6H2,1H3,(H,9,11);2H,1H3. The van der Waals surface area contributed by atoms with Crippen LogP contribution in [-0.2, 0) is 42.3 Å². The number of benzene rings is 3. The van der Waals surface area contributed by atoms with E-state index in [1.807, 2.05) is 48.7 Å². The summed E-state index contributed by atoms with van der Waals surface area (Å²) in [6.45, 7) is 4.64. The van der Waals surface area contributed by atoms with Gasteiger partial charge in [0.25, 0.3) is 12.4 Å². The number of nitrogens with one attached hydrogen (secondary N) is 3. The quantitative estimate of drug-likeness (QED) is 0.0999. The number of nitrogens with zero attached hydrogens (tertiary/aromatic N) is 2. The second kappa shape index (κ2) is 22.1. The molecule has 3 aromatic rings. The van der Waals surface area contributed by atoms with Crippen molar-refractivity contribution in [2.75, 3.05) is 38.0 Å². The molecule has 0 aliphatic carbocycles. The molecule has 13 nitrogen and oxygen atoms in total. The van der Waals surface area contributed by atoms with Crippen molar-refractivity contribution in [3.63, 3.8) is 0 Å². The van der Waals surface area contributed by atoms with Crippen molar-refractivity contribution < 1.29 is 38.2 Å². The Bertz CT molecular complexity index is 1750. The van der Waals surface area contributed by atoms with Crippen molar-refractivity contribution >= 4 is 69.7 Å². The number of methoxy groups -OCH3 is 2. The molecule has 2 atom stereocenters. The summed E-state index contributed by atoms with van der Waals surface area (Å²) in [5.74, 6) is 0.678. The SMILES string of the molecule is CCCCCC(=O)NCC=O.CNC(C)C(=O)Nc1cc(CBr)cc(COc2cc3c(cc2OC)C(=O)N2c4ccccc4CC2C=N3)c1.COC=O. The largest absolute Gasteiger partial charge is 0.493 e. The van der Waals surface area contributed by atoms with E-state index in [0.717, 1.165) is 48.1 Å². The van der Waals surface area contributed by atoms with Gasteiger partial charge in [0.05, 0.1) is 44.1 Å². The first-order valence-corrected chi connectivity index (χ1v) is 18.4. The zero-order valence-electron chi connectivity index (χ0n) is 30.8. The van der Waals surface area contributed by atoms with Crippen molar-refractivity contribution in [3.8, 4) is 11.5 Å². The van der Waals surface area contributed by atoms with E-state index in [4.69, 9.17) is 14.3 Å². The molecule has 0 aromatic heterocycles. The van der Waals surface area contributed by atoms with Crippen LogP contribution in [0.15, 0.2) is 59.6 Å². The minimum Gasteiger partial charge on any atom is -0.493 e. The van der Waals surface area contributed by atoms with Crippen molar-refractivity contribution in [1.82, 2.24) is 10.6 Å². The molecule has 5 rings (SSSR count). The Hall–Kier alpha value is -5.08. The van der Waals surface area contributed by atoms with Crippen LogP contribution in [0.2, 0.25) is 0 Å². The number of aldehydes is 1. The maximum absolute atomic E-state index is 13.6. The number of para-hydroxylation sites is 1. The van der Waals surface area contributed by atoms with Crippen LogP contribution in [-0.4, -0.2) is 76.6 Å². The fourth-order valence-electron chi connectivity index (χ4n) is 5.51. The normalized spacial score (nSPS) is 14.0. The molecule has 0 fully saturated rings. The Labute approximate surface area is 319 Å². The third kappa shape index (κ3) is 12.2. The summed E-state index contributed by atoms with van der Waals surface area (Å²) in [4.78, 5) is 62.0. The van der Waals surface area contributed by atoms with Gasteiger partial charge in [-0.1, -0.05) is 60.0 Å². The fraction of sp³-hybridized carbons (Fsp3) is 0.385. The Morgan fingerprint density at radius 2 is 1.79 bits per heavy atom. The van der Waals surface area contributed by atoms with Gasteiger partial charge in [0, 0.05) is 41.8 Å². The number of amides is 3. The average molecular weight is 795 g/mol. The number of aliphatic imine (C=N–C) groups is 1. The number of unbranched alkanes of at least 4 members (excludes halogenated alkanes) is 2. The first-order chi connectivity index (χ1) is 25.6. The van der Waals surface area contributed by atoms with E-state index in [1.54, 1.807) is 38.1 Å². The summed E-state index contributed by atoms with van der Waals surface area (Å²) >= 11 is 3.50. The van der Waals surface area contributed by atoms with Crippen LogP contribution in [0.4, 0.5) is 17.1 Å². The third-order valence-electron chi connectivity index (χ3n) is 8.31. The zero-order chi connectivity index (χ0) is 38.8. The van der Waals surface area contributed by atoms with Gasteiger partial charge in [-0.3, -0.25) is 29.1 Å². The highest BCUT2D eigenvalue weighted by molar-refractivity contribution is 9.08. The van der Waals surface area contributed by atoms with Crippen LogP contribution >= 0.6 is 15.9 Å². The lowest BCUT2D eigenvalue weighted by atomic mass is 10.1. The van der Waals surface area contributed by atoms with E-state index < -0.39 is 0 Å². The lowest BCUT2D eigenvalue weighted by Gasteiger charge is -2.22. The van der Waals surface area contributed by atoms with Gasteiger partial charge in [0.15, 0.2) is 11.5 Å². The summed E-state index contributed by atoms with van der Waals surface area (Å²) in [6.07, 6.45) is 6.91. The van der Waals surface area contributed by atoms with E-state index in [1.165, 1.54) is 7.11 Å². The zero-order valence-corrected chi connectivity index (χ0v) is 32.4. The third-order valence-corrected chi connectivity index (χ3v) is 8.96. The molecule has 0 saturated heterocycles. The predicted octanol–water partition coefficient (Wildman–Crippen LogP) is 5.67. The Morgan fingerprint density at radius 1 is 1.06 bits per heavy atom. The number of ether oxygens (including phenoxy) is 3. The number of rotatable bonds is 15. The van der Waals surface area contributed by atoms with Crippen molar-refractivity contribution in [1.29, 1.82) is 0 Å². The Kier molecular flexibility index (Phi) is 17.6. The van der Waals surface area contributed by atoms with Crippen LogP contribution < -0.4 is 30.3 Å². The molecule has 14 heteroatoms. The molecular formula is C39H48BrN5O8. The van der Waals surface area contributed by atoms with Crippen LogP contribution in [0.3, 0.4) is 0 Å². The first-order valence-electron chi connectivity index (χ1n) is 17.3. The molecule has 284 valence electrons. The van der Waals surface area contributed by atoms with Crippen LogP contribution in [0.1, 0.15) is 66.6 Å². The summed E-state index contributed by atoms with van der Waals surface area (Å²) in [7, 11) is 4.61. The molecule has 2 heterocycles. The summed E-state index contributed by atoms with van der Waals surface area (Å²) in [6, 6.07) is 16.8. The number of anilines is 2. The molecule has 2 aliphatic rings. The van der Waals surface area contributed by atoms with Crippen molar-refractivity contribution in [2.24, 2.45) is 4.99 Å². The van der Waals surface area contributed by atoms with Gasteiger partial charge in [-0.15, -0.1) is 0 Å². The first kappa shape index (κ1) is 42.3. The van der Waals surface area contributed by atoms with E-state index in [-0.39, 0.29) is 43.0 Å². The van der Waals surface area contributed by atoms with Gasteiger partial charge < -0.3 is 35.0 Å². The average Bonchev–Trinajstić information content (AvgIpc) is 3.50. The van der Waals surface area contributed by atoms with Gasteiger partial charge in [-0.2, -0.15) is 0 Å². The highest BCUT2D eigenvalue weighted by atomic mass is 79.9. The lowest BCUT2D eigenvalue weighted by molar-refractivity contribution is -0.126. The van der Waals surface area contributed by atoms with Gasteiger partial charge >= 0.3 is 0 Å². The number of fused-ring (bicyclic) bond motifs is 4. The summed E-state index contributed by atoms with van der Waals surface area (Å²) in [5, 5.41) is 9.00. The number of carbonyl (C=O) groups excluding carboxylic acids is 5. The molecule has 0 bridgehead atoms. The van der Waals surface area contributed by atoms with E-state index in [0.29, 0.717) is 52.9 Å². The van der Waals surface area contributed by atoms with Gasteiger partial charge in [-0.25, -0.2) is 0 Å². The number of carbonyl (C=O) groups is 5. The monoisotopic (exact) mass is 793 g/mol. The lowest BCUT2D eigenvalue weighted by Crippen LogP contribution is -2.37. The van der Waals surface area contributed by atoms with Gasteiger partial charge in [0.1, 0.15) is 12.9 Å². The predicted molar refractivity (Wildman–Crippen MR) is 209 cm³/mol. The van der Waals surface area contributed by atoms with Gasteiger partial charge in [-0.05, 0) is 61.3 Å². The number of alkyl halides is 1. The number of halogens is 1. The van der Waals surface area contributed by atoms with Crippen molar-refractivity contribution in [2.45, 2.75) is 70.0 Å². The molecule has 0 saturated carbocycles. The minimum atomic E-state index is -0.321. The molecule has 2 aliphatic heterocycles. The van der Waals surface area contributed by atoms with Gasteiger partial charge in [0.2, 0.25) is 11.8 Å². The topological polar surface area (TPSA) is 165 Å². The smallest absolute Gasteiger partial charge is 0.292 e. The molecule has 0 spiro atoms. The Morgan fingerprint density at radius 3 is 2.45 bits per heavy atom. The summed E-state index contributed by atoms with van der Waals surface area (Å²) < 4.78 is 15.6. The van der Waals surface area contributed by atoms with Crippen LogP contribution in [0, 0.1) is 0 Å². The van der Waals surface area contributed by atoms with Crippen LogP contribution in [0.25, 0.3) is 0 Å².